The number of halogens is 1. The van der Waals surface area contributed by atoms with Crippen molar-refractivity contribution in [3.05, 3.63) is 39.1 Å². The third-order valence-corrected chi connectivity index (χ3v) is 7.36. The van der Waals surface area contributed by atoms with Crippen molar-refractivity contribution in [2.75, 3.05) is 23.9 Å². The quantitative estimate of drug-likeness (QED) is 0.444. The monoisotopic (exact) mass is 546 g/mol. The molecule has 164 valence electrons. The first-order chi connectivity index (χ1) is 14.7. The summed E-state index contributed by atoms with van der Waals surface area (Å²) in [5, 5.41) is 4.24. The van der Waals surface area contributed by atoms with Gasteiger partial charge in [0.1, 0.15) is 18.1 Å². The number of benzene rings is 1. The molecule has 0 spiro atoms. The maximum Gasteiger partial charge on any atom is 0.325 e. The normalized spacial score (nSPS) is 12.1. The molecule has 14 heteroatoms. The second kappa shape index (κ2) is 9.80. The maximum absolute atomic E-state index is 12.4. The highest BCUT2D eigenvalue weighted by molar-refractivity contribution is 9.10. The first-order valence-corrected chi connectivity index (χ1v) is 12.8. The van der Waals surface area contributed by atoms with Crippen molar-refractivity contribution in [3.8, 4) is 0 Å². The van der Waals surface area contributed by atoms with E-state index in [4.69, 9.17) is 0 Å². The lowest BCUT2D eigenvalue weighted by atomic mass is 10.3. The zero-order valence-corrected chi connectivity index (χ0v) is 19.9. The molecule has 3 aromatic rings. The Bertz CT molecular complexity index is 1310. The first kappa shape index (κ1) is 23.2. The van der Waals surface area contributed by atoms with Crippen LogP contribution in [0.15, 0.2) is 39.2 Å². The molecule has 0 saturated carbocycles. The van der Waals surface area contributed by atoms with E-state index in [2.05, 4.69) is 36.0 Å². The van der Waals surface area contributed by atoms with Crippen LogP contribution in [0.5, 0.6) is 0 Å². The van der Waals surface area contributed by atoms with Gasteiger partial charge in [0, 0.05) is 16.0 Å². The van der Waals surface area contributed by atoms with Crippen LogP contribution in [0, 0.1) is 0 Å². The van der Waals surface area contributed by atoms with E-state index in [0.717, 1.165) is 31.8 Å². The molecule has 0 fully saturated rings. The number of rotatable bonds is 7. The largest absolute Gasteiger partial charge is 0.468 e. The molecule has 0 aliphatic heterocycles. The Morgan fingerprint density at radius 2 is 2.06 bits per heavy atom. The predicted octanol–water partition coefficient (Wildman–Crippen LogP) is 1.58. The van der Waals surface area contributed by atoms with Gasteiger partial charge in [0.15, 0.2) is 19.8 Å². The molecule has 0 aliphatic rings. The molecule has 0 atom stereocenters. The molecule has 2 aromatic heterocycles. The van der Waals surface area contributed by atoms with Crippen molar-refractivity contribution >= 4 is 81.6 Å². The highest BCUT2D eigenvalue weighted by atomic mass is 79.9. The van der Waals surface area contributed by atoms with E-state index in [0.29, 0.717) is 5.52 Å². The summed E-state index contributed by atoms with van der Waals surface area (Å²) in [5.41, 5.74) is 0.635. The molecule has 2 heterocycles. The number of anilines is 1. The molecule has 1 aromatic carbocycles. The number of aromatic nitrogens is 2. The molecular formula is C17H15BrN4O6S3. The van der Waals surface area contributed by atoms with Crippen LogP contribution in [0.1, 0.15) is 0 Å². The number of ether oxygens (including phenoxy) is 1. The summed E-state index contributed by atoms with van der Waals surface area (Å²) in [6.45, 7) is -0.201. The molecule has 10 nitrogen and oxygen atoms in total. The van der Waals surface area contributed by atoms with Gasteiger partial charge in [-0.3, -0.25) is 14.4 Å². The summed E-state index contributed by atoms with van der Waals surface area (Å²) in [6.07, 6.45) is 1.46. The number of esters is 1. The lowest BCUT2D eigenvalue weighted by molar-refractivity contribution is -0.141. The topological polar surface area (TPSA) is 137 Å². The van der Waals surface area contributed by atoms with Gasteiger partial charge in [-0.1, -0.05) is 27.3 Å². The summed E-state index contributed by atoms with van der Waals surface area (Å²) in [4.78, 5) is 43.9. The second-order valence-electron chi connectivity index (χ2n) is 6.08. The number of amides is 2. The van der Waals surface area contributed by atoms with E-state index >= 15 is 0 Å². The van der Waals surface area contributed by atoms with Crippen molar-refractivity contribution in [1.29, 1.82) is 0 Å². The van der Waals surface area contributed by atoms with Crippen molar-refractivity contribution in [3.63, 3.8) is 0 Å². The van der Waals surface area contributed by atoms with Crippen LogP contribution in [0.2, 0.25) is 0 Å². The third-order valence-electron chi connectivity index (χ3n) is 3.75. The van der Waals surface area contributed by atoms with Crippen molar-refractivity contribution < 1.29 is 27.5 Å². The van der Waals surface area contributed by atoms with Crippen LogP contribution in [0.25, 0.3) is 10.2 Å². The van der Waals surface area contributed by atoms with Gasteiger partial charge in [0.05, 0.1) is 17.3 Å². The molecule has 0 unspecified atom stereocenters. The van der Waals surface area contributed by atoms with Gasteiger partial charge in [-0.2, -0.15) is 4.99 Å². The lowest BCUT2D eigenvalue weighted by Gasteiger charge is -2.04. The fraction of sp³-hybridized carbons (Fsp3) is 0.235. The number of hydrogen-bond donors (Lipinski definition) is 1. The summed E-state index contributed by atoms with van der Waals surface area (Å²) in [7, 11) is -2.83. The summed E-state index contributed by atoms with van der Waals surface area (Å²) in [5.74, 6) is -4.13. The maximum atomic E-state index is 12.4. The van der Waals surface area contributed by atoms with Crippen molar-refractivity contribution in [2.24, 2.45) is 4.99 Å². The Kier molecular flexibility index (Phi) is 7.35. The van der Waals surface area contributed by atoms with Gasteiger partial charge in [-0.25, -0.2) is 13.4 Å². The van der Waals surface area contributed by atoms with Crippen LogP contribution < -0.4 is 10.1 Å². The zero-order chi connectivity index (χ0) is 22.6. The highest BCUT2D eigenvalue weighted by Gasteiger charge is 2.22. The number of fused-ring (bicyclic) bond motifs is 1. The molecule has 1 N–H and O–H groups in total. The smallest absolute Gasteiger partial charge is 0.325 e. The van der Waals surface area contributed by atoms with Crippen LogP contribution in [0.3, 0.4) is 0 Å². The van der Waals surface area contributed by atoms with Crippen molar-refractivity contribution in [2.45, 2.75) is 6.54 Å². The number of carbonyl (C=O) groups excluding carboxylic acids is 3. The fourth-order valence-corrected chi connectivity index (χ4v) is 5.66. The van der Waals surface area contributed by atoms with E-state index in [9.17, 15) is 22.8 Å². The van der Waals surface area contributed by atoms with Gasteiger partial charge in [0.2, 0.25) is 5.91 Å². The van der Waals surface area contributed by atoms with Crippen LogP contribution in [-0.4, -0.2) is 54.4 Å². The van der Waals surface area contributed by atoms with E-state index in [1.165, 1.54) is 17.9 Å². The minimum absolute atomic E-state index is 0.144. The number of sulfone groups is 1. The summed E-state index contributed by atoms with van der Waals surface area (Å²) < 4.78 is 32.2. The second-order valence-corrected chi connectivity index (χ2v) is 11.0. The Morgan fingerprint density at radius 1 is 1.29 bits per heavy atom. The van der Waals surface area contributed by atoms with Gasteiger partial charge < -0.3 is 14.6 Å². The van der Waals surface area contributed by atoms with Crippen LogP contribution in [-0.2, 0) is 35.5 Å². The predicted molar refractivity (Wildman–Crippen MR) is 119 cm³/mol. The molecule has 0 bridgehead atoms. The molecule has 0 saturated heterocycles. The van der Waals surface area contributed by atoms with Gasteiger partial charge in [0.25, 0.3) is 5.91 Å². The average molecular weight is 547 g/mol. The van der Waals surface area contributed by atoms with E-state index in [-0.39, 0.29) is 16.5 Å². The van der Waals surface area contributed by atoms with E-state index < -0.39 is 39.1 Å². The number of thiazole rings is 2. The number of nitrogens with zero attached hydrogens (tertiary/aromatic N) is 3. The van der Waals surface area contributed by atoms with Crippen molar-refractivity contribution in [1.82, 2.24) is 9.55 Å². The zero-order valence-electron chi connectivity index (χ0n) is 15.9. The standard InChI is InChI=1S/C17H15BrN4O6S3/c1-28-15(25)7-22-11-3-2-10(18)6-12(11)30-17(22)21-14(24)9-31(26,27)8-13(23)20-16-19-4-5-29-16/h2-6H,7-9H2,1H3,(H,19,20,23). The van der Waals surface area contributed by atoms with E-state index in [1.807, 2.05) is 0 Å². The average Bonchev–Trinajstić information content (AvgIpc) is 3.28. The first-order valence-electron chi connectivity index (χ1n) is 8.50. The minimum Gasteiger partial charge on any atom is -0.468 e. The minimum atomic E-state index is -4.06. The van der Waals surface area contributed by atoms with Gasteiger partial charge >= 0.3 is 5.97 Å². The molecule has 2 amide bonds. The number of methoxy groups -OCH3 is 1. The third kappa shape index (κ3) is 6.29. The number of hydrogen-bond acceptors (Lipinski definition) is 9. The Balaban J connectivity index is 1.83. The molecule has 0 radical (unpaired) electrons. The van der Waals surface area contributed by atoms with Crippen LogP contribution in [0.4, 0.5) is 5.13 Å². The Hall–Kier alpha value is -2.42. The fourth-order valence-electron chi connectivity index (χ4n) is 2.50. The number of nitrogens with one attached hydrogen (secondary N) is 1. The van der Waals surface area contributed by atoms with E-state index in [1.54, 1.807) is 23.6 Å². The number of carbonyl (C=O) groups is 3. The van der Waals surface area contributed by atoms with Crippen LogP contribution >= 0.6 is 38.6 Å². The molecule has 0 aliphatic carbocycles. The van der Waals surface area contributed by atoms with Gasteiger partial charge in [-0.15, -0.1) is 11.3 Å². The Morgan fingerprint density at radius 3 is 2.74 bits per heavy atom. The SMILES string of the molecule is COC(=O)Cn1c(=NC(=O)CS(=O)(=O)CC(=O)Nc2nccs2)sc2cc(Br)ccc21. The molecular weight excluding hydrogens is 532 g/mol. The highest BCUT2D eigenvalue weighted by Crippen LogP contribution is 2.22. The summed E-state index contributed by atoms with van der Waals surface area (Å²) in [6, 6.07) is 5.29. The lowest BCUT2D eigenvalue weighted by Crippen LogP contribution is -2.28. The Labute approximate surface area is 192 Å². The van der Waals surface area contributed by atoms with Gasteiger partial charge in [-0.05, 0) is 18.2 Å². The molecule has 31 heavy (non-hydrogen) atoms. The summed E-state index contributed by atoms with van der Waals surface area (Å²) >= 11 is 5.61. The molecule has 3 rings (SSSR count).